The van der Waals surface area contributed by atoms with Gasteiger partial charge in [0.15, 0.2) is 11.6 Å². The number of nitrogens with zero attached hydrogens (tertiary/aromatic N) is 1. The third-order valence-corrected chi connectivity index (χ3v) is 7.82. The molecule has 4 nitrogen and oxygen atoms in total. The zero-order chi connectivity index (χ0) is 25.1. The third-order valence-electron chi connectivity index (χ3n) is 7.37. The van der Waals surface area contributed by atoms with E-state index in [2.05, 4.69) is 21.2 Å². The summed E-state index contributed by atoms with van der Waals surface area (Å²) in [6, 6.07) is 4.81. The van der Waals surface area contributed by atoms with Crippen molar-refractivity contribution in [1.82, 2.24) is 10.2 Å². The van der Waals surface area contributed by atoms with Crippen LogP contribution < -0.4 is 5.32 Å². The number of rotatable bonds is 4. The van der Waals surface area contributed by atoms with Gasteiger partial charge in [-0.25, -0.2) is 8.78 Å². The van der Waals surface area contributed by atoms with Gasteiger partial charge in [0.1, 0.15) is 5.60 Å². The molecule has 1 saturated carbocycles. The normalized spacial score (nSPS) is 24.0. The fraction of sp³-hybridized carbons (Fsp3) is 0.480. The molecule has 2 heterocycles. The minimum atomic E-state index is -4.52. The monoisotopic (exact) mass is 558 g/mol. The van der Waals surface area contributed by atoms with Gasteiger partial charge in [0.05, 0.1) is 18.1 Å². The number of hydrogen-bond acceptors (Lipinski definition) is 3. The number of piperidine rings is 1. The summed E-state index contributed by atoms with van der Waals surface area (Å²) in [5, 5.41) is 3.20. The zero-order valence-electron chi connectivity index (χ0n) is 18.9. The molecule has 0 radical (unpaired) electrons. The molecule has 10 heteroatoms. The first-order valence-electron chi connectivity index (χ1n) is 11.5. The van der Waals surface area contributed by atoms with Crippen molar-refractivity contribution in [3.63, 3.8) is 0 Å². The van der Waals surface area contributed by atoms with Crippen LogP contribution >= 0.6 is 15.9 Å². The molecule has 1 unspecified atom stereocenters. The molecule has 2 atom stereocenters. The van der Waals surface area contributed by atoms with Gasteiger partial charge in [-0.2, -0.15) is 13.2 Å². The molecular formula is C25H24BrF5N2O2. The van der Waals surface area contributed by atoms with E-state index in [0.29, 0.717) is 29.7 Å². The van der Waals surface area contributed by atoms with Crippen molar-refractivity contribution in [1.29, 1.82) is 0 Å². The van der Waals surface area contributed by atoms with E-state index in [0.717, 1.165) is 31.0 Å². The van der Waals surface area contributed by atoms with Gasteiger partial charge < -0.3 is 15.0 Å². The van der Waals surface area contributed by atoms with Crippen LogP contribution in [0.3, 0.4) is 0 Å². The number of ether oxygens (including phenoxy) is 1. The average Bonchev–Trinajstić information content (AvgIpc) is 3.59. The Balaban J connectivity index is 1.51. The van der Waals surface area contributed by atoms with Crippen molar-refractivity contribution in [2.24, 2.45) is 5.92 Å². The Morgan fingerprint density at radius 3 is 2.60 bits per heavy atom. The standard InChI is InChI=1S/C25H24BrF5N2O2/c1-13-14(6-16(26)8-18(13)25(29,30)31)11-33(17-2-3-17)23(34)20-10-32-5-4-24(20)19-9-22(28)21(27)7-15(19)12-35-24/h6-9,17,20,32H,2-5,10-12H2,1H3/t20?,24-/m0/s1. The molecule has 2 aromatic rings. The van der Waals surface area contributed by atoms with Crippen molar-refractivity contribution in [3.05, 3.63) is 68.2 Å². The van der Waals surface area contributed by atoms with E-state index >= 15 is 0 Å². The van der Waals surface area contributed by atoms with E-state index in [9.17, 15) is 26.7 Å². The average molecular weight is 559 g/mol. The van der Waals surface area contributed by atoms with Gasteiger partial charge in [-0.15, -0.1) is 0 Å². The number of carbonyl (C=O) groups excluding carboxylic acids is 1. The fourth-order valence-electron chi connectivity index (χ4n) is 5.38. The number of nitrogens with one attached hydrogen (secondary N) is 1. The fourth-order valence-corrected chi connectivity index (χ4v) is 5.88. The molecule has 35 heavy (non-hydrogen) atoms. The summed E-state index contributed by atoms with van der Waals surface area (Å²) in [7, 11) is 0. The van der Waals surface area contributed by atoms with Gasteiger partial charge in [0.2, 0.25) is 5.91 Å². The first kappa shape index (κ1) is 24.6. The molecule has 0 bridgehead atoms. The Kier molecular flexibility index (Phi) is 6.21. The smallest absolute Gasteiger partial charge is 0.365 e. The molecule has 1 saturated heterocycles. The molecular weight excluding hydrogens is 535 g/mol. The van der Waals surface area contributed by atoms with Gasteiger partial charge in [0, 0.05) is 23.6 Å². The minimum Gasteiger partial charge on any atom is -0.365 e. The second kappa shape index (κ2) is 8.81. The lowest BCUT2D eigenvalue weighted by molar-refractivity contribution is -0.157. The molecule has 2 fully saturated rings. The van der Waals surface area contributed by atoms with Crippen molar-refractivity contribution >= 4 is 21.8 Å². The molecule has 188 valence electrons. The highest BCUT2D eigenvalue weighted by molar-refractivity contribution is 9.10. The first-order chi connectivity index (χ1) is 16.5. The summed E-state index contributed by atoms with van der Waals surface area (Å²) in [5.74, 6) is -2.95. The predicted molar refractivity (Wildman–Crippen MR) is 121 cm³/mol. The van der Waals surface area contributed by atoms with E-state index in [1.54, 1.807) is 11.0 Å². The third kappa shape index (κ3) is 4.38. The van der Waals surface area contributed by atoms with Crippen LogP contribution in [0, 0.1) is 24.5 Å². The van der Waals surface area contributed by atoms with E-state index in [1.807, 2.05) is 0 Å². The number of carbonyl (C=O) groups is 1. The highest BCUT2D eigenvalue weighted by atomic mass is 79.9. The number of halogens is 6. The van der Waals surface area contributed by atoms with Crippen LogP contribution in [-0.2, 0) is 34.5 Å². The van der Waals surface area contributed by atoms with Gasteiger partial charge in [0.25, 0.3) is 0 Å². The van der Waals surface area contributed by atoms with Gasteiger partial charge in [-0.3, -0.25) is 4.79 Å². The summed E-state index contributed by atoms with van der Waals surface area (Å²) < 4.78 is 75.2. The van der Waals surface area contributed by atoms with Crippen LogP contribution in [0.15, 0.2) is 28.7 Å². The molecule has 1 amide bonds. The Morgan fingerprint density at radius 2 is 1.91 bits per heavy atom. The molecule has 5 rings (SSSR count). The topological polar surface area (TPSA) is 41.6 Å². The van der Waals surface area contributed by atoms with E-state index in [-0.39, 0.29) is 41.7 Å². The predicted octanol–water partition coefficient (Wildman–Crippen LogP) is 5.58. The Hall–Kier alpha value is -2.04. The lowest BCUT2D eigenvalue weighted by Gasteiger charge is -2.43. The maximum atomic E-state index is 14.2. The molecule has 1 aliphatic carbocycles. The van der Waals surface area contributed by atoms with Crippen LogP contribution in [0.5, 0.6) is 0 Å². The van der Waals surface area contributed by atoms with Crippen molar-refractivity contribution in [2.75, 3.05) is 13.1 Å². The van der Waals surface area contributed by atoms with E-state index in [4.69, 9.17) is 4.74 Å². The van der Waals surface area contributed by atoms with E-state index in [1.165, 1.54) is 6.92 Å². The van der Waals surface area contributed by atoms with Crippen LogP contribution in [-0.4, -0.2) is 29.9 Å². The lowest BCUT2D eigenvalue weighted by atomic mass is 9.75. The number of amides is 1. The zero-order valence-corrected chi connectivity index (χ0v) is 20.5. The van der Waals surface area contributed by atoms with Crippen molar-refractivity contribution in [2.45, 2.75) is 57.2 Å². The summed E-state index contributed by atoms with van der Waals surface area (Å²) in [4.78, 5) is 15.6. The minimum absolute atomic E-state index is 0.0229. The second-order valence-electron chi connectivity index (χ2n) is 9.54. The maximum absolute atomic E-state index is 14.2. The Morgan fingerprint density at radius 1 is 1.20 bits per heavy atom. The molecule has 2 aliphatic heterocycles. The van der Waals surface area contributed by atoms with Crippen LogP contribution in [0.25, 0.3) is 0 Å². The Bertz CT molecular complexity index is 1180. The number of fused-ring (bicyclic) bond motifs is 2. The SMILES string of the molecule is Cc1c(CN(C(=O)C2CNCC[C@@]23OCc2cc(F)c(F)cc23)C2CC2)cc(Br)cc1C(F)(F)F. The summed E-state index contributed by atoms with van der Waals surface area (Å²) in [5.41, 5.74) is -0.375. The van der Waals surface area contributed by atoms with Crippen LogP contribution in [0.1, 0.15) is 47.1 Å². The molecule has 0 aromatic heterocycles. The highest BCUT2D eigenvalue weighted by Crippen LogP contribution is 2.48. The number of benzene rings is 2. The van der Waals surface area contributed by atoms with Crippen molar-refractivity contribution in [3.8, 4) is 0 Å². The lowest BCUT2D eigenvalue weighted by Crippen LogP contribution is -2.55. The number of alkyl halides is 3. The quantitative estimate of drug-likeness (QED) is 0.498. The summed E-state index contributed by atoms with van der Waals surface area (Å²) in [6.07, 6.45) is -2.60. The van der Waals surface area contributed by atoms with Gasteiger partial charge >= 0.3 is 6.18 Å². The maximum Gasteiger partial charge on any atom is 0.416 e. The van der Waals surface area contributed by atoms with Crippen LogP contribution in [0.2, 0.25) is 0 Å². The van der Waals surface area contributed by atoms with E-state index < -0.39 is 34.9 Å². The highest BCUT2D eigenvalue weighted by Gasteiger charge is 2.53. The van der Waals surface area contributed by atoms with Crippen molar-refractivity contribution < 1.29 is 31.5 Å². The molecule has 1 spiro atoms. The van der Waals surface area contributed by atoms with Crippen LogP contribution in [0.4, 0.5) is 22.0 Å². The molecule has 2 aromatic carbocycles. The molecule has 1 N–H and O–H groups in total. The summed E-state index contributed by atoms with van der Waals surface area (Å²) in [6.45, 7) is 2.31. The second-order valence-corrected chi connectivity index (χ2v) is 10.5. The Labute approximate surface area is 207 Å². The first-order valence-corrected chi connectivity index (χ1v) is 12.3. The van der Waals surface area contributed by atoms with Gasteiger partial charge in [-0.05, 0) is 79.3 Å². The molecule has 3 aliphatic rings. The number of hydrogen-bond donors (Lipinski definition) is 1. The largest absolute Gasteiger partial charge is 0.416 e. The summed E-state index contributed by atoms with van der Waals surface area (Å²) >= 11 is 3.18. The van der Waals surface area contributed by atoms with Gasteiger partial charge in [-0.1, -0.05) is 15.9 Å².